The Morgan fingerprint density at radius 1 is 0.767 bits per heavy atom. The highest BCUT2D eigenvalue weighted by molar-refractivity contribution is 5.99. The normalized spacial score (nSPS) is 10.1. The smallest absolute Gasteiger partial charge is 0.269 e. The summed E-state index contributed by atoms with van der Waals surface area (Å²) in [6.07, 6.45) is 1.94. The lowest BCUT2D eigenvalue weighted by molar-refractivity contribution is 0.0846. The number of carbonyl (C=O) groups excluding carboxylic acids is 2. The Labute approximate surface area is 176 Å². The number of rotatable bonds is 10. The third-order valence-electron chi connectivity index (χ3n) is 4.20. The van der Waals surface area contributed by atoms with Gasteiger partial charge >= 0.3 is 0 Å². The molecule has 2 rings (SSSR count). The minimum absolute atomic E-state index is 0.313. The molecule has 2 aromatic carbocycles. The summed E-state index contributed by atoms with van der Waals surface area (Å²) in [6.45, 7) is 4.98. The van der Waals surface area contributed by atoms with Crippen LogP contribution in [-0.4, -0.2) is 39.2 Å². The van der Waals surface area contributed by atoms with Crippen molar-refractivity contribution in [2.24, 2.45) is 0 Å². The highest BCUT2D eigenvalue weighted by atomic mass is 16.5. The number of hydrogen-bond donors (Lipinski definition) is 2. The fourth-order valence-corrected chi connectivity index (χ4v) is 2.60. The van der Waals surface area contributed by atoms with E-state index in [1.165, 1.54) is 20.3 Å². The van der Waals surface area contributed by atoms with Crippen molar-refractivity contribution in [2.45, 2.75) is 26.7 Å². The number of nitrogens with one attached hydrogen (secondary N) is 2. The Kier molecular flexibility index (Phi) is 8.80. The molecule has 30 heavy (non-hydrogen) atoms. The fourth-order valence-electron chi connectivity index (χ4n) is 2.60. The van der Waals surface area contributed by atoms with E-state index in [-0.39, 0.29) is 0 Å². The molecular weight excluding hydrogens is 388 g/mol. The molecule has 162 valence electrons. The van der Waals surface area contributed by atoms with Gasteiger partial charge in [-0.15, -0.1) is 0 Å². The average Bonchev–Trinajstić information content (AvgIpc) is 2.77. The van der Waals surface area contributed by atoms with Crippen LogP contribution in [0.5, 0.6) is 23.0 Å². The number of ether oxygens (including phenoxy) is 4. The van der Waals surface area contributed by atoms with Gasteiger partial charge in [0.25, 0.3) is 11.8 Å². The molecule has 0 heterocycles. The first-order valence-corrected chi connectivity index (χ1v) is 9.76. The Morgan fingerprint density at radius 2 is 1.27 bits per heavy atom. The van der Waals surface area contributed by atoms with Gasteiger partial charge in [-0.1, -0.05) is 13.3 Å². The van der Waals surface area contributed by atoms with E-state index in [4.69, 9.17) is 18.9 Å². The predicted octanol–water partition coefficient (Wildman–Crippen LogP) is 3.36. The van der Waals surface area contributed by atoms with Crippen LogP contribution in [0.15, 0.2) is 36.4 Å². The highest BCUT2D eigenvalue weighted by Gasteiger charge is 2.14. The van der Waals surface area contributed by atoms with Crippen LogP contribution in [0.25, 0.3) is 0 Å². The third-order valence-corrected chi connectivity index (χ3v) is 4.20. The predicted molar refractivity (Wildman–Crippen MR) is 112 cm³/mol. The SMILES string of the molecule is CCCCOc1ccc(C(=O)NNC(=O)c2ccc(OCC)c(OC)c2)cc1OC. The molecule has 0 saturated heterocycles. The quantitative estimate of drug-likeness (QED) is 0.456. The fraction of sp³-hybridized carbons (Fsp3) is 0.364. The van der Waals surface area contributed by atoms with Gasteiger partial charge in [0.05, 0.1) is 27.4 Å². The molecule has 0 spiro atoms. The average molecular weight is 416 g/mol. The van der Waals surface area contributed by atoms with Crippen LogP contribution in [0.1, 0.15) is 47.4 Å². The van der Waals surface area contributed by atoms with Gasteiger partial charge in [-0.25, -0.2) is 0 Å². The zero-order chi connectivity index (χ0) is 21.9. The van der Waals surface area contributed by atoms with E-state index < -0.39 is 11.8 Å². The third kappa shape index (κ3) is 6.04. The van der Waals surface area contributed by atoms with Crippen molar-refractivity contribution < 1.29 is 28.5 Å². The zero-order valence-corrected chi connectivity index (χ0v) is 17.7. The molecule has 0 aliphatic rings. The zero-order valence-electron chi connectivity index (χ0n) is 17.7. The summed E-state index contributed by atoms with van der Waals surface area (Å²) in [4.78, 5) is 24.8. The number of unbranched alkanes of at least 4 members (excludes halogenated alkanes) is 1. The summed E-state index contributed by atoms with van der Waals surface area (Å²) < 4.78 is 21.6. The molecule has 0 atom stereocenters. The lowest BCUT2D eigenvalue weighted by Crippen LogP contribution is -2.41. The maximum Gasteiger partial charge on any atom is 0.269 e. The molecule has 8 nitrogen and oxygen atoms in total. The van der Waals surface area contributed by atoms with Gasteiger partial charge in [-0.3, -0.25) is 20.4 Å². The monoisotopic (exact) mass is 416 g/mol. The van der Waals surface area contributed by atoms with E-state index in [2.05, 4.69) is 17.8 Å². The van der Waals surface area contributed by atoms with Gasteiger partial charge in [-0.2, -0.15) is 0 Å². The second kappa shape index (κ2) is 11.5. The van der Waals surface area contributed by atoms with Crippen LogP contribution in [0.2, 0.25) is 0 Å². The topological polar surface area (TPSA) is 95.1 Å². The van der Waals surface area contributed by atoms with Crippen molar-refractivity contribution in [3.8, 4) is 23.0 Å². The van der Waals surface area contributed by atoms with Crippen LogP contribution < -0.4 is 29.8 Å². The lowest BCUT2D eigenvalue weighted by Gasteiger charge is -2.13. The first kappa shape index (κ1) is 22.9. The van der Waals surface area contributed by atoms with Gasteiger partial charge in [0.2, 0.25) is 0 Å². The number of hydrazine groups is 1. The molecule has 2 N–H and O–H groups in total. The molecule has 0 radical (unpaired) electrons. The van der Waals surface area contributed by atoms with Crippen molar-refractivity contribution in [3.05, 3.63) is 47.5 Å². The maximum atomic E-state index is 12.4. The molecule has 2 amide bonds. The van der Waals surface area contributed by atoms with Gasteiger partial charge in [0, 0.05) is 11.1 Å². The Morgan fingerprint density at radius 3 is 1.70 bits per heavy atom. The van der Waals surface area contributed by atoms with Crippen molar-refractivity contribution >= 4 is 11.8 Å². The highest BCUT2D eigenvalue weighted by Crippen LogP contribution is 2.29. The second-order valence-corrected chi connectivity index (χ2v) is 6.27. The summed E-state index contributed by atoms with van der Waals surface area (Å²) in [5.41, 5.74) is 5.41. The van der Waals surface area contributed by atoms with Crippen LogP contribution in [0.4, 0.5) is 0 Å². The molecule has 8 heteroatoms. The Bertz CT molecular complexity index is 869. The summed E-state index contributed by atoms with van der Waals surface area (Å²) >= 11 is 0. The van der Waals surface area contributed by atoms with Crippen molar-refractivity contribution in [2.75, 3.05) is 27.4 Å². The van der Waals surface area contributed by atoms with Crippen molar-refractivity contribution in [1.82, 2.24) is 10.9 Å². The summed E-state index contributed by atoms with van der Waals surface area (Å²) in [6, 6.07) is 9.59. The largest absolute Gasteiger partial charge is 0.493 e. The van der Waals surface area contributed by atoms with E-state index in [9.17, 15) is 9.59 Å². The molecule has 0 bridgehead atoms. The van der Waals surface area contributed by atoms with Gasteiger partial charge in [0.15, 0.2) is 23.0 Å². The van der Waals surface area contributed by atoms with E-state index >= 15 is 0 Å². The summed E-state index contributed by atoms with van der Waals surface area (Å²) in [7, 11) is 3.00. The van der Waals surface area contributed by atoms with Crippen LogP contribution in [0, 0.1) is 0 Å². The van der Waals surface area contributed by atoms with Crippen LogP contribution >= 0.6 is 0 Å². The molecule has 0 aliphatic heterocycles. The molecule has 0 aromatic heterocycles. The molecule has 2 aromatic rings. The number of carbonyl (C=O) groups is 2. The molecular formula is C22H28N2O6. The Balaban J connectivity index is 2.02. The standard InChI is InChI=1S/C22H28N2O6/c1-5-7-12-30-18-11-9-16(14-20(18)28-4)22(26)24-23-21(25)15-8-10-17(29-6-2)19(13-15)27-3/h8-11,13-14H,5-7,12H2,1-4H3,(H,23,25)(H,24,26). The number of amides is 2. The van der Waals surface area contributed by atoms with Crippen LogP contribution in [-0.2, 0) is 0 Å². The van der Waals surface area contributed by atoms with Crippen LogP contribution in [0.3, 0.4) is 0 Å². The number of methoxy groups -OCH3 is 2. The minimum Gasteiger partial charge on any atom is -0.493 e. The van der Waals surface area contributed by atoms with Gasteiger partial charge in [-0.05, 0) is 49.7 Å². The second-order valence-electron chi connectivity index (χ2n) is 6.27. The van der Waals surface area contributed by atoms with E-state index in [0.717, 1.165) is 12.8 Å². The molecule has 0 unspecified atom stereocenters. The van der Waals surface area contributed by atoms with E-state index in [1.54, 1.807) is 30.3 Å². The van der Waals surface area contributed by atoms with E-state index in [0.29, 0.717) is 47.3 Å². The Hall–Kier alpha value is -3.42. The van der Waals surface area contributed by atoms with Gasteiger partial charge < -0.3 is 18.9 Å². The van der Waals surface area contributed by atoms with E-state index in [1.807, 2.05) is 6.92 Å². The van der Waals surface area contributed by atoms with Crippen molar-refractivity contribution in [3.63, 3.8) is 0 Å². The lowest BCUT2D eigenvalue weighted by atomic mass is 10.2. The number of benzene rings is 2. The molecule has 0 aliphatic carbocycles. The summed E-state index contributed by atoms with van der Waals surface area (Å²) in [5, 5.41) is 0. The van der Waals surface area contributed by atoms with Crippen molar-refractivity contribution in [1.29, 1.82) is 0 Å². The number of hydrogen-bond acceptors (Lipinski definition) is 6. The molecule has 0 saturated carbocycles. The minimum atomic E-state index is -0.490. The maximum absolute atomic E-state index is 12.4. The molecule has 0 fully saturated rings. The summed E-state index contributed by atoms with van der Waals surface area (Å²) in [5.74, 6) is 0.998. The first-order valence-electron chi connectivity index (χ1n) is 9.76. The van der Waals surface area contributed by atoms with Gasteiger partial charge in [0.1, 0.15) is 0 Å². The first-order chi connectivity index (χ1) is 14.5.